The maximum Gasteiger partial charge on any atom is 0.152 e. The van der Waals surface area contributed by atoms with Gasteiger partial charge in [0.1, 0.15) is 5.69 Å². The summed E-state index contributed by atoms with van der Waals surface area (Å²) in [5.41, 5.74) is 4.59. The molecule has 0 spiro atoms. The molecule has 1 heterocycles. The normalized spacial score (nSPS) is 10.3. The molecule has 1 N–H and O–H groups in total. The summed E-state index contributed by atoms with van der Waals surface area (Å²) in [4.78, 5) is 8.74. The van der Waals surface area contributed by atoms with Crippen LogP contribution in [0.5, 0.6) is 0 Å². The molecule has 0 saturated carbocycles. The number of nitrogens with zero attached hydrogens (tertiary/aromatic N) is 2. The first-order chi connectivity index (χ1) is 8.22. The summed E-state index contributed by atoms with van der Waals surface area (Å²) in [5, 5.41) is 3.24. The van der Waals surface area contributed by atoms with E-state index in [0.717, 1.165) is 23.6 Å². The largest absolute Gasteiger partial charge is 0.369 e. The number of benzene rings is 1. The monoisotopic (exact) mass is 227 g/mol. The molecule has 2 rings (SSSR count). The zero-order valence-electron chi connectivity index (χ0n) is 10.5. The molecule has 2 aromatic rings. The smallest absolute Gasteiger partial charge is 0.152 e. The van der Waals surface area contributed by atoms with Crippen molar-refractivity contribution in [2.24, 2.45) is 0 Å². The average Bonchev–Trinajstić information content (AvgIpc) is 2.34. The summed E-state index contributed by atoms with van der Waals surface area (Å²) in [6.45, 7) is 7.12. The molecule has 1 aromatic heterocycles. The first kappa shape index (κ1) is 11.6. The minimum atomic E-state index is 0.844. The van der Waals surface area contributed by atoms with E-state index in [4.69, 9.17) is 0 Å². The van der Waals surface area contributed by atoms with Crippen molar-refractivity contribution >= 4 is 5.82 Å². The minimum absolute atomic E-state index is 0.844. The van der Waals surface area contributed by atoms with E-state index in [2.05, 4.69) is 54.3 Å². The fraction of sp³-hybridized carbons (Fsp3) is 0.286. The molecule has 0 bridgehead atoms. The van der Waals surface area contributed by atoms with Gasteiger partial charge in [0, 0.05) is 24.5 Å². The summed E-state index contributed by atoms with van der Waals surface area (Å²) < 4.78 is 0. The highest BCUT2D eigenvalue weighted by Gasteiger charge is 2.07. The Morgan fingerprint density at radius 1 is 1.06 bits per heavy atom. The topological polar surface area (TPSA) is 37.8 Å². The highest BCUT2D eigenvalue weighted by molar-refractivity contribution is 5.71. The molecule has 3 nitrogen and oxygen atoms in total. The van der Waals surface area contributed by atoms with Crippen molar-refractivity contribution in [1.29, 1.82) is 0 Å². The van der Waals surface area contributed by atoms with Gasteiger partial charge in [0.15, 0.2) is 5.82 Å². The second kappa shape index (κ2) is 4.95. The minimum Gasteiger partial charge on any atom is -0.369 e. The van der Waals surface area contributed by atoms with Gasteiger partial charge in [-0.15, -0.1) is 0 Å². The molecule has 88 valence electrons. The number of aryl methyl sites for hydroxylation is 2. The molecule has 0 aliphatic heterocycles. The SMILES string of the molecule is CCNc1nccnc1-c1ccc(C)c(C)c1. The van der Waals surface area contributed by atoms with E-state index >= 15 is 0 Å². The third kappa shape index (κ3) is 2.44. The van der Waals surface area contributed by atoms with Gasteiger partial charge < -0.3 is 5.32 Å². The zero-order chi connectivity index (χ0) is 12.3. The molecule has 0 amide bonds. The third-order valence-corrected chi connectivity index (χ3v) is 2.82. The van der Waals surface area contributed by atoms with Crippen LogP contribution in [-0.2, 0) is 0 Å². The highest BCUT2D eigenvalue weighted by Crippen LogP contribution is 2.25. The van der Waals surface area contributed by atoms with Gasteiger partial charge >= 0.3 is 0 Å². The maximum atomic E-state index is 4.41. The predicted octanol–water partition coefficient (Wildman–Crippen LogP) is 3.19. The second-order valence-electron chi connectivity index (χ2n) is 4.08. The molecule has 0 saturated heterocycles. The highest BCUT2D eigenvalue weighted by atomic mass is 15.0. The third-order valence-electron chi connectivity index (χ3n) is 2.82. The first-order valence-electron chi connectivity index (χ1n) is 5.85. The van der Waals surface area contributed by atoms with Crippen molar-refractivity contribution in [3.05, 3.63) is 41.7 Å². The maximum absolute atomic E-state index is 4.41. The molecule has 0 unspecified atom stereocenters. The first-order valence-corrected chi connectivity index (χ1v) is 5.85. The zero-order valence-corrected chi connectivity index (χ0v) is 10.5. The lowest BCUT2D eigenvalue weighted by molar-refractivity contribution is 1.12. The van der Waals surface area contributed by atoms with Crippen molar-refractivity contribution in [3.63, 3.8) is 0 Å². The van der Waals surface area contributed by atoms with E-state index in [-0.39, 0.29) is 0 Å². The lowest BCUT2D eigenvalue weighted by Gasteiger charge is -2.09. The van der Waals surface area contributed by atoms with Gasteiger partial charge in [-0.2, -0.15) is 0 Å². The summed E-state index contributed by atoms with van der Waals surface area (Å²) >= 11 is 0. The van der Waals surface area contributed by atoms with Crippen molar-refractivity contribution in [3.8, 4) is 11.3 Å². The number of hydrogen-bond acceptors (Lipinski definition) is 3. The number of aromatic nitrogens is 2. The van der Waals surface area contributed by atoms with Gasteiger partial charge in [-0.05, 0) is 38.0 Å². The van der Waals surface area contributed by atoms with Crippen LogP contribution >= 0.6 is 0 Å². The Morgan fingerprint density at radius 2 is 1.82 bits per heavy atom. The van der Waals surface area contributed by atoms with Crippen LogP contribution in [0.4, 0.5) is 5.82 Å². The fourth-order valence-electron chi connectivity index (χ4n) is 1.73. The van der Waals surface area contributed by atoms with Crippen LogP contribution in [0.3, 0.4) is 0 Å². The second-order valence-corrected chi connectivity index (χ2v) is 4.08. The molecule has 0 atom stereocenters. The van der Waals surface area contributed by atoms with Crippen LogP contribution in [0, 0.1) is 13.8 Å². The van der Waals surface area contributed by atoms with Crippen LogP contribution < -0.4 is 5.32 Å². The molecule has 17 heavy (non-hydrogen) atoms. The Bertz CT molecular complexity index is 521. The Kier molecular flexibility index (Phi) is 3.38. The van der Waals surface area contributed by atoms with Gasteiger partial charge in [0.05, 0.1) is 0 Å². The summed E-state index contributed by atoms with van der Waals surface area (Å²) in [5.74, 6) is 0.846. The summed E-state index contributed by atoms with van der Waals surface area (Å²) in [6.07, 6.45) is 3.44. The Labute approximate surface area is 102 Å². The quantitative estimate of drug-likeness (QED) is 0.875. The number of nitrogens with one attached hydrogen (secondary N) is 1. The Hall–Kier alpha value is -1.90. The van der Waals surface area contributed by atoms with Gasteiger partial charge in [-0.1, -0.05) is 12.1 Å². The molecular formula is C14H17N3. The molecule has 1 aromatic carbocycles. The van der Waals surface area contributed by atoms with Crippen LogP contribution in [0.1, 0.15) is 18.1 Å². The van der Waals surface area contributed by atoms with Crippen LogP contribution in [0.2, 0.25) is 0 Å². The van der Waals surface area contributed by atoms with Crippen molar-refractivity contribution in [1.82, 2.24) is 9.97 Å². The molecule has 0 aliphatic rings. The lowest BCUT2D eigenvalue weighted by Crippen LogP contribution is -2.02. The Balaban J connectivity index is 2.48. The Morgan fingerprint density at radius 3 is 2.53 bits per heavy atom. The van der Waals surface area contributed by atoms with E-state index in [1.165, 1.54) is 11.1 Å². The van der Waals surface area contributed by atoms with Gasteiger partial charge in [0.2, 0.25) is 0 Å². The van der Waals surface area contributed by atoms with Crippen LogP contribution in [0.15, 0.2) is 30.6 Å². The fourth-order valence-corrected chi connectivity index (χ4v) is 1.73. The summed E-state index contributed by atoms with van der Waals surface area (Å²) in [7, 11) is 0. The lowest BCUT2D eigenvalue weighted by atomic mass is 10.0. The van der Waals surface area contributed by atoms with Crippen LogP contribution in [-0.4, -0.2) is 16.5 Å². The molecule has 3 heteroatoms. The number of hydrogen-bond donors (Lipinski definition) is 1. The number of anilines is 1. The number of rotatable bonds is 3. The predicted molar refractivity (Wildman–Crippen MR) is 71.1 cm³/mol. The van der Waals surface area contributed by atoms with Crippen molar-refractivity contribution < 1.29 is 0 Å². The van der Waals surface area contributed by atoms with E-state index in [1.54, 1.807) is 12.4 Å². The standard InChI is InChI=1S/C14H17N3/c1-4-15-14-13(16-7-8-17-14)12-6-5-10(2)11(3)9-12/h5-9H,4H2,1-3H3,(H,15,17). The van der Waals surface area contributed by atoms with E-state index in [9.17, 15) is 0 Å². The molecule has 0 radical (unpaired) electrons. The van der Waals surface area contributed by atoms with Crippen molar-refractivity contribution in [2.75, 3.05) is 11.9 Å². The van der Waals surface area contributed by atoms with Gasteiger partial charge in [-0.25, -0.2) is 4.98 Å². The molecular weight excluding hydrogens is 210 g/mol. The van der Waals surface area contributed by atoms with Crippen LogP contribution in [0.25, 0.3) is 11.3 Å². The van der Waals surface area contributed by atoms with Gasteiger partial charge in [0.25, 0.3) is 0 Å². The van der Waals surface area contributed by atoms with E-state index in [0.29, 0.717) is 0 Å². The van der Waals surface area contributed by atoms with Gasteiger partial charge in [-0.3, -0.25) is 4.98 Å². The molecule has 0 fully saturated rings. The van der Waals surface area contributed by atoms with E-state index in [1.807, 2.05) is 0 Å². The average molecular weight is 227 g/mol. The summed E-state index contributed by atoms with van der Waals surface area (Å²) in [6, 6.07) is 6.36. The van der Waals surface area contributed by atoms with Crippen molar-refractivity contribution in [2.45, 2.75) is 20.8 Å². The van der Waals surface area contributed by atoms with E-state index < -0.39 is 0 Å². The molecule has 0 aliphatic carbocycles.